The molecule has 2 unspecified atom stereocenters. The second kappa shape index (κ2) is 12.0. The van der Waals surface area contributed by atoms with Crippen molar-refractivity contribution in [2.45, 2.75) is 31.6 Å². The van der Waals surface area contributed by atoms with Gasteiger partial charge in [0.1, 0.15) is 5.75 Å². The number of sulfonamides is 1. The van der Waals surface area contributed by atoms with Crippen molar-refractivity contribution < 1.29 is 22.7 Å². The van der Waals surface area contributed by atoms with Crippen molar-refractivity contribution in [2.24, 2.45) is 11.8 Å². The van der Waals surface area contributed by atoms with Gasteiger partial charge in [-0.25, -0.2) is 8.42 Å². The van der Waals surface area contributed by atoms with Gasteiger partial charge in [-0.15, -0.1) is 0 Å². The van der Waals surface area contributed by atoms with Crippen molar-refractivity contribution in [2.75, 3.05) is 32.1 Å². The van der Waals surface area contributed by atoms with Crippen LogP contribution in [0.25, 0.3) is 6.08 Å². The Balaban J connectivity index is 1.45. The molecule has 35 heavy (non-hydrogen) atoms. The van der Waals surface area contributed by atoms with E-state index in [1.54, 1.807) is 41.8 Å². The van der Waals surface area contributed by atoms with Gasteiger partial charge in [-0.1, -0.05) is 26.0 Å². The molecule has 0 spiro atoms. The third-order valence-electron chi connectivity index (χ3n) is 5.81. The van der Waals surface area contributed by atoms with Crippen molar-refractivity contribution in [3.8, 4) is 5.75 Å². The molecule has 2 atom stereocenters. The smallest absolute Gasteiger partial charge is 0.244 e. The van der Waals surface area contributed by atoms with Gasteiger partial charge in [0.25, 0.3) is 0 Å². The SMILES string of the molecule is COc1ccc(/C=C/C(=O)NCCC(=O)Nc2ccc(S(=O)(=O)N3CC(C)CC(C)C3)cc2)cc1. The Hall–Kier alpha value is -3.17. The lowest BCUT2D eigenvalue weighted by molar-refractivity contribution is -0.117. The molecule has 1 aliphatic rings. The molecule has 0 radical (unpaired) electrons. The van der Waals surface area contributed by atoms with Crippen LogP contribution in [0, 0.1) is 11.8 Å². The van der Waals surface area contributed by atoms with Gasteiger partial charge in [0.2, 0.25) is 21.8 Å². The molecule has 1 fully saturated rings. The van der Waals surface area contributed by atoms with E-state index >= 15 is 0 Å². The molecule has 0 saturated carbocycles. The molecule has 9 heteroatoms. The lowest BCUT2D eigenvalue weighted by Crippen LogP contribution is -2.42. The minimum atomic E-state index is -3.57. The Labute approximate surface area is 207 Å². The first kappa shape index (κ1) is 26.4. The first-order valence-corrected chi connectivity index (χ1v) is 13.1. The number of carbonyl (C=O) groups excluding carboxylic acids is 2. The molecule has 0 aliphatic carbocycles. The van der Waals surface area contributed by atoms with Crippen molar-refractivity contribution in [3.63, 3.8) is 0 Å². The maximum absolute atomic E-state index is 13.0. The summed E-state index contributed by atoms with van der Waals surface area (Å²) in [5.41, 5.74) is 1.36. The highest BCUT2D eigenvalue weighted by molar-refractivity contribution is 7.89. The first-order valence-electron chi connectivity index (χ1n) is 11.7. The number of amides is 2. The predicted molar refractivity (Wildman–Crippen MR) is 136 cm³/mol. The summed E-state index contributed by atoms with van der Waals surface area (Å²) in [6.07, 6.45) is 4.19. The maximum Gasteiger partial charge on any atom is 0.244 e. The predicted octanol–water partition coefficient (Wildman–Crippen LogP) is 3.52. The number of carbonyl (C=O) groups is 2. The summed E-state index contributed by atoms with van der Waals surface area (Å²) < 4.78 is 32.6. The summed E-state index contributed by atoms with van der Waals surface area (Å²) in [5, 5.41) is 5.40. The van der Waals surface area contributed by atoms with E-state index in [4.69, 9.17) is 4.74 Å². The highest BCUT2D eigenvalue weighted by Crippen LogP contribution is 2.27. The van der Waals surface area contributed by atoms with Gasteiger partial charge in [-0.05, 0) is 66.3 Å². The lowest BCUT2D eigenvalue weighted by Gasteiger charge is -2.34. The van der Waals surface area contributed by atoms with Gasteiger partial charge in [0.05, 0.1) is 12.0 Å². The van der Waals surface area contributed by atoms with Crippen LogP contribution in [0.1, 0.15) is 32.3 Å². The molecule has 1 saturated heterocycles. The Kier molecular flexibility index (Phi) is 9.06. The van der Waals surface area contributed by atoms with Crippen molar-refractivity contribution in [1.29, 1.82) is 0 Å². The van der Waals surface area contributed by atoms with Crippen LogP contribution in [-0.2, 0) is 19.6 Å². The number of methoxy groups -OCH3 is 1. The zero-order valence-electron chi connectivity index (χ0n) is 20.4. The van der Waals surface area contributed by atoms with Crippen LogP contribution < -0.4 is 15.4 Å². The highest BCUT2D eigenvalue weighted by Gasteiger charge is 2.31. The van der Waals surface area contributed by atoms with Crippen LogP contribution >= 0.6 is 0 Å². The second-order valence-electron chi connectivity index (χ2n) is 8.99. The van der Waals surface area contributed by atoms with Gasteiger partial charge in [0.15, 0.2) is 0 Å². The standard InChI is InChI=1S/C26H33N3O5S/c1-19-16-20(2)18-29(17-19)35(32,33)24-11-7-22(8-12-24)28-26(31)14-15-27-25(30)13-6-21-4-9-23(34-3)10-5-21/h4-13,19-20H,14-18H2,1-3H3,(H,27,30)(H,28,31)/b13-6+. The Morgan fingerprint density at radius 3 is 2.26 bits per heavy atom. The molecule has 2 N–H and O–H groups in total. The molecular weight excluding hydrogens is 466 g/mol. The fourth-order valence-corrected chi connectivity index (χ4v) is 5.81. The van der Waals surface area contributed by atoms with E-state index in [-0.39, 0.29) is 29.7 Å². The average Bonchev–Trinajstić information content (AvgIpc) is 2.83. The summed E-state index contributed by atoms with van der Waals surface area (Å²) >= 11 is 0. The molecule has 2 amide bonds. The van der Waals surface area contributed by atoms with Crippen LogP contribution in [0.4, 0.5) is 5.69 Å². The molecular formula is C26H33N3O5S. The fraction of sp³-hybridized carbons (Fsp3) is 0.385. The number of benzene rings is 2. The van der Waals surface area contributed by atoms with Gasteiger partial charge in [0, 0.05) is 37.8 Å². The van der Waals surface area contributed by atoms with E-state index in [2.05, 4.69) is 24.5 Å². The quantitative estimate of drug-likeness (QED) is 0.514. The minimum absolute atomic E-state index is 0.0890. The van der Waals surface area contributed by atoms with Crippen molar-refractivity contribution in [1.82, 2.24) is 9.62 Å². The summed E-state index contributed by atoms with van der Waals surface area (Å²) in [5.74, 6) is 0.805. The summed E-state index contributed by atoms with van der Waals surface area (Å²) in [7, 11) is -1.98. The molecule has 1 aliphatic heterocycles. The normalized spacial score (nSPS) is 18.8. The zero-order chi connectivity index (χ0) is 25.4. The van der Waals surface area contributed by atoms with E-state index in [9.17, 15) is 18.0 Å². The monoisotopic (exact) mass is 499 g/mol. The number of piperidine rings is 1. The molecule has 0 aromatic heterocycles. The van der Waals surface area contributed by atoms with E-state index in [1.165, 1.54) is 18.2 Å². The van der Waals surface area contributed by atoms with E-state index < -0.39 is 10.0 Å². The fourth-order valence-electron chi connectivity index (χ4n) is 4.13. The Morgan fingerprint density at radius 1 is 1.03 bits per heavy atom. The topological polar surface area (TPSA) is 105 Å². The third-order valence-corrected chi connectivity index (χ3v) is 7.65. The summed E-state index contributed by atoms with van der Waals surface area (Å²) in [6.45, 7) is 5.35. The number of nitrogens with zero attached hydrogens (tertiary/aromatic N) is 1. The molecule has 2 aromatic carbocycles. The molecule has 188 valence electrons. The maximum atomic E-state index is 13.0. The third kappa shape index (κ3) is 7.66. The van der Waals surface area contributed by atoms with Gasteiger partial charge in [-0.3, -0.25) is 9.59 Å². The van der Waals surface area contributed by atoms with Gasteiger partial charge in [-0.2, -0.15) is 4.31 Å². The highest BCUT2D eigenvalue weighted by atomic mass is 32.2. The number of rotatable bonds is 9. The van der Waals surface area contributed by atoms with E-state index in [0.29, 0.717) is 30.6 Å². The second-order valence-corrected chi connectivity index (χ2v) is 10.9. The molecule has 2 aromatic rings. The average molecular weight is 500 g/mol. The van der Waals surface area contributed by atoms with Crippen molar-refractivity contribution >= 4 is 33.6 Å². The number of nitrogens with one attached hydrogen (secondary N) is 2. The van der Waals surface area contributed by atoms with Gasteiger partial charge < -0.3 is 15.4 Å². The van der Waals surface area contributed by atoms with Crippen LogP contribution in [0.2, 0.25) is 0 Å². The van der Waals surface area contributed by atoms with E-state index in [1.807, 2.05) is 12.1 Å². The van der Waals surface area contributed by atoms with Crippen LogP contribution in [0.15, 0.2) is 59.5 Å². The number of ether oxygens (including phenoxy) is 1. The Morgan fingerprint density at radius 2 is 1.66 bits per heavy atom. The van der Waals surface area contributed by atoms with Crippen LogP contribution in [-0.4, -0.2) is 51.3 Å². The summed E-state index contributed by atoms with van der Waals surface area (Å²) in [4.78, 5) is 24.4. The van der Waals surface area contributed by atoms with Crippen LogP contribution in [0.5, 0.6) is 5.75 Å². The number of hydrogen-bond donors (Lipinski definition) is 2. The van der Waals surface area contributed by atoms with Crippen molar-refractivity contribution in [3.05, 3.63) is 60.2 Å². The largest absolute Gasteiger partial charge is 0.497 e. The minimum Gasteiger partial charge on any atom is -0.497 e. The molecule has 8 nitrogen and oxygen atoms in total. The van der Waals surface area contributed by atoms with Crippen LogP contribution in [0.3, 0.4) is 0 Å². The number of hydrogen-bond acceptors (Lipinski definition) is 5. The lowest BCUT2D eigenvalue weighted by atomic mass is 9.94. The molecule has 3 rings (SSSR count). The van der Waals surface area contributed by atoms with Gasteiger partial charge >= 0.3 is 0 Å². The summed E-state index contributed by atoms with van der Waals surface area (Å²) in [6, 6.07) is 13.5. The molecule has 1 heterocycles. The molecule has 0 bridgehead atoms. The zero-order valence-corrected chi connectivity index (χ0v) is 21.2. The first-order chi connectivity index (χ1) is 16.7. The number of anilines is 1. The Bertz CT molecular complexity index is 1130. The van der Waals surface area contributed by atoms with E-state index in [0.717, 1.165) is 17.7 Å².